The molecule has 3 N–H and O–H groups in total. The van der Waals surface area contributed by atoms with Crippen molar-refractivity contribution in [1.82, 2.24) is 15.3 Å². The van der Waals surface area contributed by atoms with Crippen LogP contribution in [-0.2, 0) is 19.1 Å². The average molecular weight is 502 g/mol. The van der Waals surface area contributed by atoms with Crippen molar-refractivity contribution in [3.8, 4) is 22.9 Å². The molecule has 2 heterocycles. The number of nitrogens with one attached hydrogen (secondary N) is 1. The van der Waals surface area contributed by atoms with Gasteiger partial charge in [0.1, 0.15) is 0 Å². The lowest BCUT2D eigenvalue weighted by Gasteiger charge is -2.25. The van der Waals surface area contributed by atoms with Gasteiger partial charge in [0.25, 0.3) is 0 Å². The van der Waals surface area contributed by atoms with Crippen LogP contribution in [0, 0.1) is 11.8 Å². The molecule has 3 aromatic rings. The predicted octanol–water partition coefficient (Wildman–Crippen LogP) is 3.58. The summed E-state index contributed by atoms with van der Waals surface area (Å²) in [5.41, 5.74) is 1.13. The van der Waals surface area contributed by atoms with Crippen LogP contribution < -0.4 is 14.8 Å². The molecule has 1 aromatic heterocycles. The fourth-order valence-corrected chi connectivity index (χ4v) is 5.00. The molecule has 0 unspecified atom stereocenters. The monoisotopic (exact) mass is 501 g/mol. The Hall–Kier alpha value is -3.21. The lowest BCUT2D eigenvalue weighted by molar-refractivity contribution is -0.137. The molecule has 0 radical (unpaired) electrons. The number of rotatable bonds is 7. The van der Waals surface area contributed by atoms with Gasteiger partial charge in [0.05, 0.1) is 11.7 Å². The molecule has 1 fully saturated rings. The predicted molar refractivity (Wildman–Crippen MR) is 124 cm³/mol. The molecule has 4 atom stereocenters. The maximum atomic E-state index is 13.1. The number of fused-ring (bicyclic) bond motifs is 1. The lowest BCUT2D eigenvalue weighted by atomic mass is 9.88. The van der Waals surface area contributed by atoms with Crippen molar-refractivity contribution >= 4 is 0 Å². The van der Waals surface area contributed by atoms with E-state index in [4.69, 9.17) is 9.47 Å². The second kappa shape index (κ2) is 10.0. The zero-order valence-electron chi connectivity index (χ0n) is 19.3. The molecule has 0 amide bonds. The lowest BCUT2D eigenvalue weighted by Crippen LogP contribution is -2.36. The van der Waals surface area contributed by atoms with Gasteiger partial charge in [-0.05, 0) is 54.7 Å². The number of hydrogen-bond acceptors (Lipinski definition) is 7. The van der Waals surface area contributed by atoms with E-state index < -0.39 is 17.8 Å². The van der Waals surface area contributed by atoms with Crippen LogP contribution in [0.1, 0.15) is 23.2 Å². The Morgan fingerprint density at radius 3 is 2.67 bits per heavy atom. The first kappa shape index (κ1) is 24.5. The molecule has 190 valence electrons. The maximum absolute atomic E-state index is 13.1. The Kier molecular flexibility index (Phi) is 6.83. The third-order valence-electron chi connectivity index (χ3n) is 6.88. The Morgan fingerprint density at radius 2 is 1.86 bits per heavy atom. The molecule has 0 spiro atoms. The van der Waals surface area contributed by atoms with E-state index in [0.717, 1.165) is 17.7 Å². The van der Waals surface area contributed by atoms with Crippen molar-refractivity contribution in [1.29, 1.82) is 0 Å². The first-order chi connectivity index (χ1) is 17.3. The summed E-state index contributed by atoms with van der Waals surface area (Å²) >= 11 is 0. The van der Waals surface area contributed by atoms with Crippen molar-refractivity contribution in [2.45, 2.75) is 37.7 Å². The zero-order valence-corrected chi connectivity index (χ0v) is 19.3. The number of aromatic nitrogens is 2. The summed E-state index contributed by atoms with van der Waals surface area (Å²) < 4.78 is 50.2. The highest BCUT2D eigenvalue weighted by molar-refractivity contribution is 5.56. The number of nitrogens with zero attached hydrogens (tertiary/aromatic N) is 2. The van der Waals surface area contributed by atoms with E-state index in [-0.39, 0.29) is 42.7 Å². The third-order valence-corrected chi connectivity index (χ3v) is 6.88. The van der Waals surface area contributed by atoms with Crippen LogP contribution in [0.15, 0.2) is 54.7 Å². The number of hydrogen-bond donors (Lipinski definition) is 3. The molecule has 10 heteroatoms. The van der Waals surface area contributed by atoms with Gasteiger partial charge in [-0.3, -0.25) is 0 Å². The molecular weight excluding hydrogens is 475 g/mol. The van der Waals surface area contributed by atoms with Gasteiger partial charge in [-0.1, -0.05) is 18.2 Å². The van der Waals surface area contributed by atoms with Crippen LogP contribution in [0.25, 0.3) is 11.4 Å². The smallest absolute Gasteiger partial charge is 0.416 e. The van der Waals surface area contributed by atoms with Gasteiger partial charge in [0, 0.05) is 42.6 Å². The fraction of sp³-hybridized carbons (Fsp3) is 0.385. The van der Waals surface area contributed by atoms with Gasteiger partial charge < -0.3 is 25.0 Å². The molecule has 1 aliphatic carbocycles. The number of aliphatic hydroxyl groups excluding tert-OH is 2. The second-order valence-corrected chi connectivity index (χ2v) is 9.14. The summed E-state index contributed by atoms with van der Waals surface area (Å²) in [6.45, 7) is 0.546. The van der Waals surface area contributed by atoms with E-state index in [9.17, 15) is 23.4 Å². The Morgan fingerprint density at radius 1 is 1.03 bits per heavy atom. The first-order valence-corrected chi connectivity index (χ1v) is 11.7. The highest BCUT2D eigenvalue weighted by Gasteiger charge is 2.42. The van der Waals surface area contributed by atoms with Crippen molar-refractivity contribution < 1.29 is 32.9 Å². The van der Waals surface area contributed by atoms with Crippen LogP contribution in [0.5, 0.6) is 11.5 Å². The van der Waals surface area contributed by atoms with Gasteiger partial charge in [-0.25, -0.2) is 9.97 Å². The number of halogens is 3. The number of aliphatic hydroxyl groups is 2. The quantitative estimate of drug-likeness (QED) is 0.455. The Bertz CT molecular complexity index is 1220. The minimum absolute atomic E-state index is 0.102. The Labute approximate surface area is 205 Å². The Balaban J connectivity index is 1.33. The first-order valence-electron chi connectivity index (χ1n) is 11.7. The summed E-state index contributed by atoms with van der Waals surface area (Å²) in [6, 6.07) is 12.2. The van der Waals surface area contributed by atoms with Crippen molar-refractivity contribution in [3.05, 3.63) is 71.5 Å². The van der Waals surface area contributed by atoms with Gasteiger partial charge in [-0.2, -0.15) is 13.2 Å². The average Bonchev–Trinajstić information content (AvgIpc) is 3.45. The standard InChI is InChI=1S/C26H26F3N3O4/c27-26(28,29)17-3-1-2-16(9-17)25-30-7-6-18(32-25)10-19-20(13-33)22(34)11-21(19)31-12-15-4-5-23-24(8-15)36-14-35-23/h1-9,19-22,31,33-34H,10-14H2/t19-,20-,21-,22-/m1/s1. The van der Waals surface area contributed by atoms with Gasteiger partial charge in [0.2, 0.25) is 6.79 Å². The van der Waals surface area contributed by atoms with Crippen LogP contribution in [-0.4, -0.2) is 45.7 Å². The number of alkyl halides is 3. The highest BCUT2D eigenvalue weighted by atomic mass is 19.4. The number of benzene rings is 2. The summed E-state index contributed by atoms with van der Waals surface area (Å²) in [6.07, 6.45) is -2.73. The normalized spacial score (nSPS) is 23.2. The molecular formula is C26H26F3N3O4. The van der Waals surface area contributed by atoms with Gasteiger partial charge in [0.15, 0.2) is 17.3 Å². The van der Waals surface area contributed by atoms with E-state index in [1.165, 1.54) is 12.3 Å². The summed E-state index contributed by atoms with van der Waals surface area (Å²) in [5.74, 6) is 1.10. The van der Waals surface area contributed by atoms with Crippen LogP contribution in [0.3, 0.4) is 0 Å². The molecule has 0 saturated heterocycles. The molecule has 1 saturated carbocycles. The van der Waals surface area contributed by atoms with Gasteiger partial charge in [-0.15, -0.1) is 0 Å². The van der Waals surface area contributed by atoms with Crippen LogP contribution >= 0.6 is 0 Å². The molecule has 5 rings (SSSR count). The molecule has 0 bridgehead atoms. The molecule has 7 nitrogen and oxygen atoms in total. The van der Waals surface area contributed by atoms with E-state index in [1.807, 2.05) is 18.2 Å². The summed E-state index contributed by atoms with van der Waals surface area (Å²) in [7, 11) is 0. The topological polar surface area (TPSA) is 96.7 Å². The van der Waals surface area contributed by atoms with E-state index in [0.29, 0.717) is 36.6 Å². The van der Waals surface area contributed by atoms with Crippen molar-refractivity contribution in [3.63, 3.8) is 0 Å². The third kappa shape index (κ3) is 5.16. The largest absolute Gasteiger partial charge is 0.454 e. The molecule has 2 aromatic carbocycles. The summed E-state index contributed by atoms with van der Waals surface area (Å²) in [5, 5.41) is 24.1. The highest BCUT2D eigenvalue weighted by Crippen LogP contribution is 2.36. The van der Waals surface area contributed by atoms with E-state index >= 15 is 0 Å². The fourth-order valence-electron chi connectivity index (χ4n) is 5.00. The van der Waals surface area contributed by atoms with E-state index in [1.54, 1.807) is 12.1 Å². The van der Waals surface area contributed by atoms with Gasteiger partial charge >= 0.3 is 6.18 Å². The maximum Gasteiger partial charge on any atom is 0.416 e. The van der Waals surface area contributed by atoms with Crippen LogP contribution in [0.4, 0.5) is 13.2 Å². The minimum atomic E-state index is -4.46. The van der Waals surface area contributed by atoms with Crippen molar-refractivity contribution in [2.24, 2.45) is 11.8 Å². The zero-order chi connectivity index (χ0) is 25.3. The SMILES string of the molecule is OC[C@@H]1[C@@H](Cc2ccnc(-c3cccc(C(F)(F)F)c3)n2)[C@H](NCc2ccc3c(c2)OCO3)C[C@H]1O. The molecule has 2 aliphatic rings. The molecule has 1 aliphatic heterocycles. The second-order valence-electron chi connectivity index (χ2n) is 9.14. The van der Waals surface area contributed by atoms with E-state index in [2.05, 4.69) is 15.3 Å². The minimum Gasteiger partial charge on any atom is -0.454 e. The summed E-state index contributed by atoms with van der Waals surface area (Å²) in [4.78, 5) is 8.69. The molecule has 36 heavy (non-hydrogen) atoms. The van der Waals surface area contributed by atoms with Crippen LogP contribution in [0.2, 0.25) is 0 Å². The number of ether oxygens (including phenoxy) is 2. The van der Waals surface area contributed by atoms with Crippen molar-refractivity contribution in [2.75, 3.05) is 13.4 Å².